The van der Waals surface area contributed by atoms with E-state index in [1.165, 1.54) is 0 Å². The third kappa shape index (κ3) is 2.20. The molecule has 1 amide bonds. The summed E-state index contributed by atoms with van der Waals surface area (Å²) in [6, 6.07) is 15.6. The van der Waals surface area contributed by atoms with Crippen molar-refractivity contribution in [3.8, 4) is 0 Å². The molecule has 102 valence electrons. The molecule has 0 fully saturated rings. The molecule has 4 heteroatoms. The summed E-state index contributed by atoms with van der Waals surface area (Å²) in [6.07, 6.45) is -0.222. The number of benzene rings is 2. The number of hydrogen-bond acceptors (Lipinski definition) is 3. The molecule has 0 spiro atoms. The summed E-state index contributed by atoms with van der Waals surface area (Å²) in [7, 11) is 1.96. The van der Waals surface area contributed by atoms with Crippen LogP contribution in [0.25, 0.3) is 0 Å². The molecule has 1 aliphatic heterocycles. The molecule has 0 radical (unpaired) electrons. The number of hydrogen-bond donors (Lipinski definition) is 2. The molecule has 4 nitrogen and oxygen atoms in total. The van der Waals surface area contributed by atoms with Gasteiger partial charge in [-0.15, -0.1) is 0 Å². The summed E-state index contributed by atoms with van der Waals surface area (Å²) in [6.45, 7) is 1.98. The highest BCUT2D eigenvalue weighted by molar-refractivity contribution is 5.95. The quantitative estimate of drug-likeness (QED) is 0.879. The van der Waals surface area contributed by atoms with Crippen LogP contribution in [0.15, 0.2) is 48.5 Å². The average Bonchev–Trinajstić information content (AvgIpc) is 2.76. The second-order valence-corrected chi connectivity index (χ2v) is 5.02. The first-order valence-electron chi connectivity index (χ1n) is 6.61. The second kappa shape index (κ2) is 4.89. The molecule has 1 atom stereocenters. The van der Waals surface area contributed by atoms with Gasteiger partial charge in [0.05, 0.1) is 11.4 Å². The van der Waals surface area contributed by atoms with Gasteiger partial charge in [0.1, 0.15) is 0 Å². The molecule has 2 aromatic carbocycles. The van der Waals surface area contributed by atoms with Crippen LogP contribution in [-0.2, 0) is 0 Å². The number of rotatable bonds is 2. The molecule has 0 bridgehead atoms. The van der Waals surface area contributed by atoms with Crippen molar-refractivity contribution in [1.82, 2.24) is 5.32 Å². The van der Waals surface area contributed by atoms with Crippen molar-refractivity contribution in [3.05, 3.63) is 59.7 Å². The van der Waals surface area contributed by atoms with Gasteiger partial charge in [0, 0.05) is 12.6 Å². The van der Waals surface area contributed by atoms with Gasteiger partial charge in [-0.2, -0.15) is 0 Å². The van der Waals surface area contributed by atoms with E-state index in [-0.39, 0.29) is 12.2 Å². The predicted molar refractivity (Wildman–Crippen MR) is 80.9 cm³/mol. The van der Waals surface area contributed by atoms with E-state index in [4.69, 9.17) is 0 Å². The topological polar surface area (TPSA) is 44.4 Å². The van der Waals surface area contributed by atoms with E-state index in [1.54, 1.807) is 0 Å². The van der Waals surface area contributed by atoms with Crippen molar-refractivity contribution in [1.29, 1.82) is 0 Å². The predicted octanol–water partition coefficient (Wildman–Crippen LogP) is 2.57. The van der Waals surface area contributed by atoms with Crippen molar-refractivity contribution in [2.24, 2.45) is 0 Å². The molecule has 1 unspecified atom stereocenters. The van der Waals surface area contributed by atoms with Gasteiger partial charge in [0.15, 0.2) is 6.29 Å². The standard InChI is InChI=1S/C16H17N3O/c1-11-6-5-7-12(10-11)15(20)18-16-17-13-8-3-4-9-14(13)19(16)2/h3-10,16-17H,1-2H3,(H,18,20). The third-order valence-corrected chi connectivity index (χ3v) is 3.51. The number of aryl methyl sites for hydroxylation is 1. The minimum Gasteiger partial charge on any atom is -0.347 e. The van der Waals surface area contributed by atoms with E-state index in [0.29, 0.717) is 5.56 Å². The van der Waals surface area contributed by atoms with E-state index in [2.05, 4.69) is 10.6 Å². The van der Waals surface area contributed by atoms with Crippen molar-refractivity contribution in [3.63, 3.8) is 0 Å². The number of amides is 1. The fourth-order valence-corrected chi connectivity index (χ4v) is 2.41. The Morgan fingerprint density at radius 2 is 2.00 bits per heavy atom. The Hall–Kier alpha value is -2.49. The summed E-state index contributed by atoms with van der Waals surface area (Å²) < 4.78 is 0. The van der Waals surface area contributed by atoms with Crippen LogP contribution in [0, 0.1) is 6.92 Å². The normalized spacial score (nSPS) is 16.5. The van der Waals surface area contributed by atoms with Crippen molar-refractivity contribution in [2.45, 2.75) is 13.2 Å². The van der Waals surface area contributed by atoms with Crippen molar-refractivity contribution in [2.75, 3.05) is 17.3 Å². The Balaban J connectivity index is 1.75. The molecule has 3 rings (SSSR count). The summed E-state index contributed by atoms with van der Waals surface area (Å²) in [5.41, 5.74) is 3.87. The number of anilines is 2. The van der Waals surface area contributed by atoms with Crippen LogP contribution in [0.4, 0.5) is 11.4 Å². The zero-order valence-corrected chi connectivity index (χ0v) is 11.6. The molecule has 20 heavy (non-hydrogen) atoms. The van der Waals surface area contributed by atoms with Gasteiger partial charge in [0.25, 0.3) is 5.91 Å². The SMILES string of the molecule is Cc1cccc(C(=O)NC2Nc3ccccc3N2C)c1. The Bertz CT molecular complexity index is 654. The molecular formula is C16H17N3O. The maximum absolute atomic E-state index is 12.3. The van der Waals surface area contributed by atoms with Gasteiger partial charge >= 0.3 is 0 Å². The number of nitrogens with zero attached hydrogens (tertiary/aromatic N) is 1. The molecule has 0 aromatic heterocycles. The minimum absolute atomic E-state index is 0.0779. The Morgan fingerprint density at radius 1 is 1.20 bits per heavy atom. The summed E-state index contributed by atoms with van der Waals surface area (Å²) in [5.74, 6) is -0.0779. The first-order chi connectivity index (χ1) is 9.65. The summed E-state index contributed by atoms with van der Waals surface area (Å²) in [4.78, 5) is 14.3. The Morgan fingerprint density at radius 3 is 2.75 bits per heavy atom. The van der Waals surface area contributed by atoms with Gasteiger partial charge in [-0.05, 0) is 31.2 Å². The zero-order valence-electron chi connectivity index (χ0n) is 11.6. The fraction of sp³-hybridized carbons (Fsp3) is 0.188. The largest absolute Gasteiger partial charge is 0.347 e. The van der Waals surface area contributed by atoms with E-state index in [9.17, 15) is 4.79 Å². The Kier molecular flexibility index (Phi) is 3.06. The monoisotopic (exact) mass is 267 g/mol. The summed E-state index contributed by atoms with van der Waals surface area (Å²) in [5, 5.41) is 6.29. The molecule has 0 saturated carbocycles. The number of nitrogens with one attached hydrogen (secondary N) is 2. The lowest BCUT2D eigenvalue weighted by Gasteiger charge is -2.23. The fourth-order valence-electron chi connectivity index (χ4n) is 2.41. The number of fused-ring (bicyclic) bond motifs is 1. The number of carbonyl (C=O) groups excluding carboxylic acids is 1. The molecule has 0 aliphatic carbocycles. The van der Waals surface area contributed by atoms with Crippen molar-refractivity contribution < 1.29 is 4.79 Å². The second-order valence-electron chi connectivity index (χ2n) is 5.02. The number of carbonyl (C=O) groups is 1. The van der Waals surface area contributed by atoms with E-state index >= 15 is 0 Å². The minimum atomic E-state index is -0.222. The molecule has 0 saturated heterocycles. The van der Waals surface area contributed by atoms with Gasteiger partial charge in [-0.3, -0.25) is 4.79 Å². The zero-order chi connectivity index (χ0) is 14.1. The third-order valence-electron chi connectivity index (χ3n) is 3.51. The smallest absolute Gasteiger partial charge is 0.254 e. The molecule has 1 heterocycles. The first kappa shape index (κ1) is 12.5. The molecule has 1 aliphatic rings. The lowest BCUT2D eigenvalue weighted by molar-refractivity contribution is 0.0942. The lowest BCUT2D eigenvalue weighted by atomic mass is 10.1. The lowest BCUT2D eigenvalue weighted by Crippen LogP contribution is -2.48. The van der Waals surface area contributed by atoms with Gasteiger partial charge in [-0.25, -0.2) is 0 Å². The van der Waals surface area contributed by atoms with E-state index in [0.717, 1.165) is 16.9 Å². The molecular weight excluding hydrogens is 250 g/mol. The summed E-state index contributed by atoms with van der Waals surface area (Å²) >= 11 is 0. The van der Waals surface area contributed by atoms with Crippen LogP contribution >= 0.6 is 0 Å². The van der Waals surface area contributed by atoms with Gasteiger partial charge < -0.3 is 15.5 Å². The van der Waals surface area contributed by atoms with Crippen LogP contribution < -0.4 is 15.5 Å². The van der Waals surface area contributed by atoms with Crippen LogP contribution in [0.1, 0.15) is 15.9 Å². The van der Waals surface area contributed by atoms with Gasteiger partial charge in [0.2, 0.25) is 0 Å². The highest BCUT2D eigenvalue weighted by Crippen LogP contribution is 2.31. The van der Waals surface area contributed by atoms with Crippen LogP contribution in [-0.4, -0.2) is 19.2 Å². The van der Waals surface area contributed by atoms with Crippen LogP contribution in [0.3, 0.4) is 0 Å². The molecule has 2 N–H and O–H groups in total. The van der Waals surface area contributed by atoms with Gasteiger partial charge in [-0.1, -0.05) is 29.8 Å². The van der Waals surface area contributed by atoms with Crippen molar-refractivity contribution >= 4 is 17.3 Å². The average molecular weight is 267 g/mol. The maximum atomic E-state index is 12.3. The van der Waals surface area contributed by atoms with Crippen LogP contribution in [0.2, 0.25) is 0 Å². The Labute approximate surface area is 118 Å². The van der Waals surface area contributed by atoms with E-state index in [1.807, 2.05) is 67.4 Å². The highest BCUT2D eigenvalue weighted by atomic mass is 16.2. The van der Waals surface area contributed by atoms with Crippen LogP contribution in [0.5, 0.6) is 0 Å². The number of para-hydroxylation sites is 2. The van der Waals surface area contributed by atoms with E-state index < -0.39 is 0 Å². The first-order valence-corrected chi connectivity index (χ1v) is 6.61. The highest BCUT2D eigenvalue weighted by Gasteiger charge is 2.26. The molecule has 2 aromatic rings. The maximum Gasteiger partial charge on any atom is 0.254 e.